The highest BCUT2D eigenvalue weighted by molar-refractivity contribution is 7.86. The minimum Gasteiger partial charge on any atom is -0.353 e. The molecule has 0 spiro atoms. The Morgan fingerprint density at radius 2 is 1.05 bits per heavy atom. The highest BCUT2D eigenvalue weighted by Crippen LogP contribution is 2.33. The predicted octanol–water partition coefficient (Wildman–Crippen LogP) is 3.55. The first-order valence-electron chi connectivity index (χ1n) is 11.2. The van der Waals surface area contributed by atoms with Crippen molar-refractivity contribution < 1.29 is 38.9 Å². The Kier molecular flexibility index (Phi) is 5.64. The third kappa shape index (κ3) is 4.32. The SMILES string of the molecule is O=S(=O)(O)c1c2nc(cc3[nH]c(c(S(=O)(=O)O)c4nc(c(S(=O)(=O)O)c5ccc1[nH]5)C=C4)c1ccccc31)C=C2. The Hall–Kier alpha value is -4.19. The fraction of sp³-hybridized carbons (Fsp3) is 0. The summed E-state index contributed by atoms with van der Waals surface area (Å²) < 4.78 is 105. The molecular weight excluding hydrogens is 584 g/mol. The molecule has 0 fully saturated rings. The lowest BCUT2D eigenvalue weighted by Gasteiger charge is -2.01. The molecule has 16 heteroatoms. The molecule has 13 nitrogen and oxygen atoms in total. The number of aromatic nitrogens is 4. The van der Waals surface area contributed by atoms with Crippen molar-refractivity contribution in [2.75, 3.05) is 0 Å². The van der Waals surface area contributed by atoms with Gasteiger partial charge in [-0.25, -0.2) is 9.97 Å². The third-order valence-corrected chi connectivity index (χ3v) is 9.03. The predicted molar refractivity (Wildman–Crippen MR) is 146 cm³/mol. The Morgan fingerprint density at radius 1 is 0.550 bits per heavy atom. The maximum atomic E-state index is 12.7. The van der Waals surface area contributed by atoms with Crippen LogP contribution in [0.5, 0.6) is 0 Å². The van der Waals surface area contributed by atoms with Crippen LogP contribution in [0.2, 0.25) is 0 Å². The van der Waals surface area contributed by atoms with Crippen LogP contribution in [0.4, 0.5) is 0 Å². The number of hydrogen-bond acceptors (Lipinski definition) is 8. The van der Waals surface area contributed by atoms with E-state index >= 15 is 0 Å². The standard InChI is InChI=1S/C24H16N4O9S3/c29-38(30,31)22-15-6-5-12(25-15)11-20-13-3-1-2-4-14(13)21(28-20)24(40(35,36)37)19-10-9-18(27-19)23(39(32,33)34)17-8-7-16(22)26-17/h1-11,26,28H,(H,29,30,31)(H,32,33,34)(H,35,36,37). The zero-order chi connectivity index (χ0) is 28.6. The summed E-state index contributed by atoms with van der Waals surface area (Å²) in [6, 6.07) is 10.4. The van der Waals surface area contributed by atoms with Crippen molar-refractivity contribution in [2.24, 2.45) is 0 Å². The Morgan fingerprint density at radius 3 is 1.62 bits per heavy atom. The average Bonchev–Trinajstić information content (AvgIpc) is 3.62. The van der Waals surface area contributed by atoms with E-state index in [4.69, 9.17) is 0 Å². The fourth-order valence-corrected chi connectivity index (χ4v) is 7.06. The molecule has 5 heterocycles. The van der Waals surface area contributed by atoms with Gasteiger partial charge in [0.05, 0.1) is 39.3 Å². The van der Waals surface area contributed by atoms with Gasteiger partial charge in [0, 0.05) is 16.3 Å². The van der Waals surface area contributed by atoms with E-state index in [1.807, 2.05) is 0 Å². The molecule has 204 valence electrons. The number of H-pyrrole nitrogens is 2. The summed E-state index contributed by atoms with van der Waals surface area (Å²) in [5, 5.41) is 0.872. The van der Waals surface area contributed by atoms with E-state index in [1.165, 1.54) is 18.2 Å². The minimum absolute atomic E-state index is 0.0615. The van der Waals surface area contributed by atoms with Gasteiger partial charge in [0.15, 0.2) is 0 Å². The van der Waals surface area contributed by atoms with Gasteiger partial charge in [-0.2, -0.15) is 25.3 Å². The second-order valence-electron chi connectivity index (χ2n) is 8.77. The van der Waals surface area contributed by atoms with E-state index in [9.17, 15) is 38.9 Å². The molecule has 4 aromatic rings. The second kappa shape index (κ2) is 8.65. The van der Waals surface area contributed by atoms with Crippen molar-refractivity contribution in [3.05, 3.63) is 65.2 Å². The first kappa shape index (κ1) is 26.1. The number of nitrogens with zero attached hydrogens (tertiary/aromatic N) is 2. The van der Waals surface area contributed by atoms with Crippen molar-refractivity contribution in [3.8, 4) is 0 Å². The average molecular weight is 601 g/mol. The van der Waals surface area contributed by atoms with Crippen molar-refractivity contribution in [3.63, 3.8) is 0 Å². The molecule has 3 aromatic heterocycles. The summed E-state index contributed by atoms with van der Waals surface area (Å²) in [7, 11) is -14.9. The molecule has 0 saturated heterocycles. The Bertz CT molecular complexity index is 2350. The van der Waals surface area contributed by atoms with Crippen LogP contribution in [0.3, 0.4) is 0 Å². The van der Waals surface area contributed by atoms with Gasteiger partial charge in [-0.05, 0) is 42.5 Å². The highest BCUT2D eigenvalue weighted by atomic mass is 32.2. The number of fused-ring (bicyclic) bond motifs is 11. The van der Waals surface area contributed by atoms with Gasteiger partial charge in [-0.1, -0.05) is 24.3 Å². The number of hydrogen-bond donors (Lipinski definition) is 5. The molecule has 2 aliphatic heterocycles. The van der Waals surface area contributed by atoms with Gasteiger partial charge in [0.2, 0.25) is 0 Å². The molecule has 6 rings (SSSR count). The normalized spacial score (nSPS) is 13.8. The smallest absolute Gasteiger partial charge is 0.298 e. The topological polar surface area (TPSA) is 220 Å². The van der Waals surface area contributed by atoms with E-state index in [0.29, 0.717) is 16.3 Å². The minimum atomic E-state index is -5.05. The van der Waals surface area contributed by atoms with Crippen molar-refractivity contribution in [1.82, 2.24) is 19.9 Å². The Balaban J connectivity index is 1.96. The lowest BCUT2D eigenvalue weighted by Crippen LogP contribution is -2.04. The lowest BCUT2D eigenvalue weighted by molar-refractivity contribution is 0.481. The van der Waals surface area contributed by atoms with Gasteiger partial charge in [0.1, 0.15) is 14.7 Å². The van der Waals surface area contributed by atoms with Crippen LogP contribution in [0.25, 0.3) is 57.1 Å². The zero-order valence-corrected chi connectivity index (χ0v) is 22.2. The molecule has 0 atom stereocenters. The van der Waals surface area contributed by atoms with E-state index in [-0.39, 0.29) is 33.6 Å². The summed E-state index contributed by atoms with van der Waals surface area (Å²) in [4.78, 5) is 11.7. The third-order valence-electron chi connectivity index (χ3n) is 6.21. The molecule has 40 heavy (non-hydrogen) atoms. The molecule has 0 aliphatic carbocycles. The molecule has 0 radical (unpaired) electrons. The van der Waals surface area contributed by atoms with Crippen LogP contribution in [-0.4, -0.2) is 58.8 Å². The first-order valence-corrected chi connectivity index (χ1v) is 15.5. The molecule has 8 bridgehead atoms. The Labute approximate surface area is 225 Å². The molecule has 0 saturated carbocycles. The summed E-state index contributed by atoms with van der Waals surface area (Å²) in [6.45, 7) is 0. The van der Waals surface area contributed by atoms with E-state index in [0.717, 1.165) is 24.3 Å². The molecule has 0 unspecified atom stereocenters. The molecular formula is C24H16N4O9S3. The molecule has 0 amide bonds. The zero-order valence-electron chi connectivity index (χ0n) is 19.8. The number of nitrogens with one attached hydrogen (secondary N) is 2. The largest absolute Gasteiger partial charge is 0.353 e. The van der Waals surface area contributed by atoms with Crippen LogP contribution in [0, 0.1) is 0 Å². The fourth-order valence-electron chi connectivity index (χ4n) is 4.71. The van der Waals surface area contributed by atoms with Gasteiger partial charge in [0.25, 0.3) is 30.4 Å². The molecule has 1 aromatic carbocycles. The molecule has 2 aliphatic rings. The highest BCUT2D eigenvalue weighted by Gasteiger charge is 2.26. The summed E-state index contributed by atoms with van der Waals surface area (Å²) in [5.74, 6) is 0. The van der Waals surface area contributed by atoms with Gasteiger partial charge >= 0.3 is 0 Å². The van der Waals surface area contributed by atoms with Crippen molar-refractivity contribution >= 4 is 87.5 Å². The maximum absolute atomic E-state index is 12.7. The van der Waals surface area contributed by atoms with Crippen LogP contribution in [-0.2, 0) is 30.4 Å². The number of benzene rings is 1. The van der Waals surface area contributed by atoms with Crippen molar-refractivity contribution in [1.29, 1.82) is 0 Å². The van der Waals surface area contributed by atoms with E-state index < -0.39 is 50.7 Å². The molecule has 5 N–H and O–H groups in total. The number of rotatable bonds is 3. The van der Waals surface area contributed by atoms with E-state index in [1.54, 1.807) is 24.3 Å². The van der Waals surface area contributed by atoms with Gasteiger partial charge < -0.3 is 9.97 Å². The quantitative estimate of drug-likeness (QED) is 0.185. The summed E-state index contributed by atoms with van der Waals surface area (Å²) in [6.07, 6.45) is 5.02. The van der Waals surface area contributed by atoms with E-state index in [2.05, 4.69) is 19.9 Å². The van der Waals surface area contributed by atoms with Crippen molar-refractivity contribution in [2.45, 2.75) is 14.7 Å². The van der Waals surface area contributed by atoms with Crippen LogP contribution in [0.15, 0.2) is 57.2 Å². The summed E-state index contributed by atoms with van der Waals surface area (Å²) in [5.41, 5.74) is -1.00. The first-order chi connectivity index (χ1) is 18.7. The second-order valence-corrected chi connectivity index (χ2v) is 12.8. The lowest BCUT2D eigenvalue weighted by atomic mass is 10.1. The van der Waals surface area contributed by atoms with Gasteiger partial charge in [-0.15, -0.1) is 0 Å². The summed E-state index contributed by atoms with van der Waals surface area (Å²) >= 11 is 0. The van der Waals surface area contributed by atoms with Crippen LogP contribution < -0.4 is 0 Å². The number of aromatic amines is 2. The van der Waals surface area contributed by atoms with Crippen LogP contribution >= 0.6 is 0 Å². The van der Waals surface area contributed by atoms with Crippen LogP contribution in [0.1, 0.15) is 22.8 Å². The maximum Gasteiger partial charge on any atom is 0.298 e. The van der Waals surface area contributed by atoms with Gasteiger partial charge in [-0.3, -0.25) is 13.7 Å². The monoisotopic (exact) mass is 600 g/mol.